The summed E-state index contributed by atoms with van der Waals surface area (Å²) in [7, 11) is 1.76. The Balaban J connectivity index is 2.23. The van der Waals surface area contributed by atoms with E-state index in [1.807, 2.05) is 12.1 Å². The SMILES string of the molecule is CN(Cc1cc(F)ccc1F)c1cccc(C#N)c1. The van der Waals surface area contributed by atoms with E-state index in [9.17, 15) is 8.78 Å². The van der Waals surface area contributed by atoms with Crippen LogP contribution in [-0.4, -0.2) is 7.05 Å². The minimum atomic E-state index is -0.462. The van der Waals surface area contributed by atoms with Gasteiger partial charge in [0.15, 0.2) is 0 Å². The van der Waals surface area contributed by atoms with Gasteiger partial charge >= 0.3 is 0 Å². The highest BCUT2D eigenvalue weighted by Gasteiger charge is 2.08. The van der Waals surface area contributed by atoms with E-state index in [4.69, 9.17) is 5.26 Å². The van der Waals surface area contributed by atoms with Crippen molar-refractivity contribution in [1.29, 1.82) is 5.26 Å². The van der Waals surface area contributed by atoms with Crippen LogP contribution in [0.15, 0.2) is 42.5 Å². The first-order chi connectivity index (χ1) is 9.10. The first-order valence-corrected chi connectivity index (χ1v) is 5.75. The fraction of sp³-hybridized carbons (Fsp3) is 0.133. The van der Waals surface area contributed by atoms with Crippen LogP contribution < -0.4 is 4.90 Å². The minimum Gasteiger partial charge on any atom is -0.370 e. The van der Waals surface area contributed by atoms with E-state index < -0.39 is 11.6 Å². The molecule has 0 heterocycles. The second-order valence-electron chi connectivity index (χ2n) is 4.25. The zero-order valence-electron chi connectivity index (χ0n) is 10.4. The van der Waals surface area contributed by atoms with E-state index >= 15 is 0 Å². The minimum absolute atomic E-state index is 0.235. The molecular formula is C15H12F2N2. The first kappa shape index (κ1) is 13.0. The van der Waals surface area contributed by atoms with Crippen molar-refractivity contribution in [3.8, 4) is 6.07 Å². The van der Waals surface area contributed by atoms with Gasteiger partial charge in [0.25, 0.3) is 0 Å². The summed E-state index contributed by atoms with van der Waals surface area (Å²) < 4.78 is 26.6. The van der Waals surface area contributed by atoms with Gasteiger partial charge < -0.3 is 4.90 Å². The molecule has 0 N–H and O–H groups in total. The van der Waals surface area contributed by atoms with E-state index in [0.29, 0.717) is 5.56 Å². The van der Waals surface area contributed by atoms with Crippen molar-refractivity contribution < 1.29 is 8.78 Å². The first-order valence-electron chi connectivity index (χ1n) is 5.75. The smallest absolute Gasteiger partial charge is 0.128 e. The average Bonchev–Trinajstić information content (AvgIpc) is 2.43. The van der Waals surface area contributed by atoms with E-state index in [-0.39, 0.29) is 12.1 Å². The van der Waals surface area contributed by atoms with Gasteiger partial charge in [-0.25, -0.2) is 8.78 Å². The maximum atomic E-state index is 13.5. The Hall–Kier alpha value is -2.41. The molecule has 0 bridgehead atoms. The summed E-state index contributed by atoms with van der Waals surface area (Å²) >= 11 is 0. The fourth-order valence-electron chi connectivity index (χ4n) is 1.82. The van der Waals surface area contributed by atoms with Crippen LogP contribution in [0.1, 0.15) is 11.1 Å². The third-order valence-electron chi connectivity index (χ3n) is 2.83. The van der Waals surface area contributed by atoms with Crippen LogP contribution in [-0.2, 0) is 6.54 Å². The molecular weight excluding hydrogens is 246 g/mol. The molecule has 0 fully saturated rings. The van der Waals surface area contributed by atoms with E-state index in [0.717, 1.165) is 17.8 Å². The third-order valence-corrected chi connectivity index (χ3v) is 2.83. The fourth-order valence-corrected chi connectivity index (χ4v) is 1.82. The number of benzene rings is 2. The average molecular weight is 258 g/mol. The van der Waals surface area contributed by atoms with Gasteiger partial charge in [-0.3, -0.25) is 0 Å². The second-order valence-corrected chi connectivity index (χ2v) is 4.25. The van der Waals surface area contributed by atoms with Gasteiger partial charge in [-0.15, -0.1) is 0 Å². The number of nitriles is 1. The topological polar surface area (TPSA) is 27.0 Å². The molecule has 0 aliphatic carbocycles. The predicted molar refractivity (Wildman–Crippen MR) is 69.6 cm³/mol. The monoisotopic (exact) mass is 258 g/mol. The zero-order valence-corrected chi connectivity index (χ0v) is 10.4. The van der Waals surface area contributed by atoms with Crippen LogP contribution >= 0.6 is 0 Å². The Morgan fingerprint density at radius 2 is 1.95 bits per heavy atom. The number of rotatable bonds is 3. The zero-order chi connectivity index (χ0) is 13.8. The number of hydrogen-bond donors (Lipinski definition) is 0. The highest BCUT2D eigenvalue weighted by Crippen LogP contribution is 2.18. The molecule has 0 aliphatic heterocycles. The van der Waals surface area contributed by atoms with Crippen molar-refractivity contribution in [3.63, 3.8) is 0 Å². The predicted octanol–water partition coefficient (Wildman–Crippen LogP) is 3.47. The summed E-state index contributed by atoms with van der Waals surface area (Å²) in [6.07, 6.45) is 0. The normalized spacial score (nSPS) is 10.0. The number of hydrogen-bond acceptors (Lipinski definition) is 2. The Kier molecular flexibility index (Phi) is 3.76. The van der Waals surface area contributed by atoms with Crippen molar-refractivity contribution in [1.82, 2.24) is 0 Å². The van der Waals surface area contributed by atoms with Gasteiger partial charge in [0.2, 0.25) is 0 Å². The molecule has 0 spiro atoms. The molecule has 0 amide bonds. The molecule has 0 aliphatic rings. The summed E-state index contributed by atoms with van der Waals surface area (Å²) in [6, 6.07) is 12.4. The quantitative estimate of drug-likeness (QED) is 0.842. The van der Waals surface area contributed by atoms with Crippen LogP contribution in [0.2, 0.25) is 0 Å². The number of anilines is 1. The van der Waals surface area contributed by atoms with Gasteiger partial charge in [-0.1, -0.05) is 6.07 Å². The molecule has 0 atom stereocenters. The summed E-state index contributed by atoms with van der Waals surface area (Å²) in [5, 5.41) is 8.84. The van der Waals surface area contributed by atoms with Crippen LogP contribution in [0.4, 0.5) is 14.5 Å². The lowest BCUT2D eigenvalue weighted by molar-refractivity contribution is 0.583. The molecule has 19 heavy (non-hydrogen) atoms. The van der Waals surface area contributed by atoms with Crippen molar-refractivity contribution in [2.24, 2.45) is 0 Å². The van der Waals surface area contributed by atoms with Crippen LogP contribution in [0, 0.1) is 23.0 Å². The summed E-state index contributed by atoms with van der Waals surface area (Å²) in [5.41, 5.74) is 1.59. The Morgan fingerprint density at radius 1 is 1.16 bits per heavy atom. The highest BCUT2D eigenvalue weighted by molar-refractivity contribution is 5.51. The lowest BCUT2D eigenvalue weighted by atomic mass is 10.1. The molecule has 0 unspecified atom stereocenters. The Morgan fingerprint density at radius 3 is 2.68 bits per heavy atom. The van der Waals surface area contributed by atoms with Crippen LogP contribution in [0.3, 0.4) is 0 Å². The van der Waals surface area contributed by atoms with Crippen molar-refractivity contribution in [2.45, 2.75) is 6.54 Å². The van der Waals surface area contributed by atoms with Gasteiger partial charge in [0, 0.05) is 24.8 Å². The van der Waals surface area contributed by atoms with Crippen molar-refractivity contribution in [2.75, 3.05) is 11.9 Å². The van der Waals surface area contributed by atoms with E-state index in [1.54, 1.807) is 30.1 Å². The molecule has 0 radical (unpaired) electrons. The summed E-state index contributed by atoms with van der Waals surface area (Å²) in [4.78, 5) is 1.76. The molecule has 2 rings (SSSR count). The lowest BCUT2D eigenvalue weighted by Crippen LogP contribution is -2.17. The van der Waals surface area contributed by atoms with Crippen LogP contribution in [0.5, 0.6) is 0 Å². The largest absolute Gasteiger partial charge is 0.370 e. The lowest BCUT2D eigenvalue weighted by Gasteiger charge is -2.20. The molecule has 2 aromatic rings. The summed E-state index contributed by atoms with van der Waals surface area (Å²) in [5.74, 6) is -0.903. The van der Waals surface area contributed by atoms with E-state index in [2.05, 4.69) is 0 Å². The molecule has 2 nitrogen and oxygen atoms in total. The van der Waals surface area contributed by atoms with Gasteiger partial charge in [-0.05, 0) is 36.4 Å². The molecule has 96 valence electrons. The van der Waals surface area contributed by atoms with Crippen LogP contribution in [0.25, 0.3) is 0 Å². The molecule has 0 saturated heterocycles. The second kappa shape index (κ2) is 5.49. The Bertz CT molecular complexity index is 632. The maximum Gasteiger partial charge on any atom is 0.128 e. The van der Waals surface area contributed by atoms with Gasteiger partial charge in [0.1, 0.15) is 11.6 Å². The number of halogens is 2. The Labute approximate surface area is 110 Å². The van der Waals surface area contributed by atoms with Gasteiger partial charge in [-0.2, -0.15) is 5.26 Å². The maximum absolute atomic E-state index is 13.5. The summed E-state index contributed by atoms with van der Waals surface area (Å²) in [6.45, 7) is 0.235. The molecule has 2 aromatic carbocycles. The standard InChI is InChI=1S/C15H12F2N2/c1-19(14-4-2-3-11(7-14)9-18)10-12-8-13(16)5-6-15(12)17/h2-8H,10H2,1H3. The van der Waals surface area contributed by atoms with Crippen molar-refractivity contribution >= 4 is 5.69 Å². The highest BCUT2D eigenvalue weighted by atomic mass is 19.1. The number of nitrogens with zero attached hydrogens (tertiary/aromatic N) is 2. The van der Waals surface area contributed by atoms with E-state index in [1.165, 1.54) is 6.07 Å². The molecule has 0 saturated carbocycles. The van der Waals surface area contributed by atoms with Crippen molar-refractivity contribution in [3.05, 3.63) is 65.2 Å². The molecule has 0 aromatic heterocycles. The molecule has 4 heteroatoms. The van der Waals surface area contributed by atoms with Gasteiger partial charge in [0.05, 0.1) is 11.6 Å². The third kappa shape index (κ3) is 3.08.